The minimum absolute atomic E-state index is 0.0736. The average molecular weight is 316 g/mol. The van der Waals surface area contributed by atoms with Crippen LogP contribution >= 0.6 is 11.3 Å². The summed E-state index contributed by atoms with van der Waals surface area (Å²) in [4.78, 5) is 27.0. The van der Waals surface area contributed by atoms with E-state index >= 15 is 0 Å². The van der Waals surface area contributed by atoms with E-state index in [9.17, 15) is 9.59 Å². The molecule has 0 aliphatic rings. The van der Waals surface area contributed by atoms with Gasteiger partial charge in [0.1, 0.15) is 0 Å². The SMILES string of the molecule is CCCCN(C)C(=O)c1ccccc1NC(=O)c1cccs1. The minimum atomic E-state index is -0.188. The van der Waals surface area contributed by atoms with Crippen molar-refractivity contribution in [2.24, 2.45) is 0 Å². The van der Waals surface area contributed by atoms with E-state index in [1.807, 2.05) is 23.6 Å². The molecule has 1 aromatic heterocycles. The zero-order valence-electron chi connectivity index (χ0n) is 12.8. The van der Waals surface area contributed by atoms with Gasteiger partial charge in [0.25, 0.3) is 11.8 Å². The van der Waals surface area contributed by atoms with E-state index in [2.05, 4.69) is 12.2 Å². The van der Waals surface area contributed by atoms with Crippen LogP contribution in [-0.2, 0) is 0 Å². The molecule has 0 radical (unpaired) electrons. The number of hydrogen-bond donors (Lipinski definition) is 1. The molecule has 1 N–H and O–H groups in total. The summed E-state index contributed by atoms with van der Waals surface area (Å²) in [6, 6.07) is 10.7. The van der Waals surface area contributed by atoms with Crippen LogP contribution in [0.4, 0.5) is 5.69 Å². The Bertz CT molecular complexity index is 638. The van der Waals surface area contributed by atoms with E-state index in [1.165, 1.54) is 11.3 Å². The van der Waals surface area contributed by atoms with Crippen molar-refractivity contribution in [2.75, 3.05) is 18.9 Å². The standard InChI is InChI=1S/C17H20N2O2S/c1-3-4-11-19(2)17(21)13-8-5-6-9-14(13)18-16(20)15-10-7-12-22-15/h5-10,12H,3-4,11H2,1-2H3,(H,18,20). The summed E-state index contributed by atoms with van der Waals surface area (Å²) in [5.41, 5.74) is 1.07. The van der Waals surface area contributed by atoms with Crippen molar-refractivity contribution < 1.29 is 9.59 Å². The van der Waals surface area contributed by atoms with Crippen LogP contribution in [0.2, 0.25) is 0 Å². The first-order valence-electron chi connectivity index (χ1n) is 7.32. The zero-order valence-corrected chi connectivity index (χ0v) is 13.7. The lowest BCUT2D eigenvalue weighted by atomic mass is 10.1. The first-order chi connectivity index (χ1) is 10.6. The summed E-state index contributed by atoms with van der Waals surface area (Å²) < 4.78 is 0. The van der Waals surface area contributed by atoms with Gasteiger partial charge in [-0.1, -0.05) is 31.5 Å². The van der Waals surface area contributed by atoms with Crippen molar-refractivity contribution in [1.29, 1.82) is 0 Å². The van der Waals surface area contributed by atoms with E-state index in [0.717, 1.165) is 12.8 Å². The van der Waals surface area contributed by atoms with Crippen molar-refractivity contribution in [1.82, 2.24) is 4.90 Å². The molecule has 5 heteroatoms. The van der Waals surface area contributed by atoms with E-state index in [-0.39, 0.29) is 11.8 Å². The Hall–Kier alpha value is -2.14. The first-order valence-corrected chi connectivity index (χ1v) is 8.20. The number of carbonyl (C=O) groups excluding carboxylic acids is 2. The number of benzene rings is 1. The maximum Gasteiger partial charge on any atom is 0.265 e. The molecule has 116 valence electrons. The van der Waals surface area contributed by atoms with Gasteiger partial charge in [0, 0.05) is 13.6 Å². The summed E-state index contributed by atoms with van der Waals surface area (Å²) in [6.45, 7) is 2.80. The number of carbonyl (C=O) groups is 2. The number of nitrogens with zero attached hydrogens (tertiary/aromatic N) is 1. The number of nitrogens with one attached hydrogen (secondary N) is 1. The molecular weight excluding hydrogens is 296 g/mol. The Balaban J connectivity index is 2.16. The Morgan fingerprint density at radius 3 is 2.64 bits per heavy atom. The van der Waals surface area contributed by atoms with Crippen molar-refractivity contribution in [3.63, 3.8) is 0 Å². The number of rotatable bonds is 6. The number of anilines is 1. The molecule has 0 saturated carbocycles. The summed E-state index contributed by atoms with van der Waals surface area (Å²) in [5, 5.41) is 4.68. The second-order valence-corrected chi connectivity index (χ2v) is 6.00. The van der Waals surface area contributed by atoms with Gasteiger partial charge in [0.05, 0.1) is 16.1 Å². The van der Waals surface area contributed by atoms with Crippen LogP contribution in [0.15, 0.2) is 41.8 Å². The lowest BCUT2D eigenvalue weighted by molar-refractivity contribution is 0.0794. The fourth-order valence-electron chi connectivity index (χ4n) is 2.07. The molecule has 1 aromatic carbocycles. The molecule has 0 saturated heterocycles. The highest BCUT2D eigenvalue weighted by Gasteiger charge is 2.17. The van der Waals surface area contributed by atoms with Crippen LogP contribution < -0.4 is 5.32 Å². The van der Waals surface area contributed by atoms with Gasteiger partial charge in [0.15, 0.2) is 0 Å². The van der Waals surface area contributed by atoms with Crippen molar-refractivity contribution in [3.05, 3.63) is 52.2 Å². The number of thiophene rings is 1. The van der Waals surface area contributed by atoms with Gasteiger partial charge in [-0.25, -0.2) is 0 Å². The summed E-state index contributed by atoms with van der Waals surface area (Å²) >= 11 is 1.37. The van der Waals surface area contributed by atoms with Gasteiger partial charge < -0.3 is 10.2 Å². The van der Waals surface area contributed by atoms with Crippen LogP contribution in [0, 0.1) is 0 Å². The Morgan fingerprint density at radius 2 is 1.95 bits per heavy atom. The van der Waals surface area contributed by atoms with E-state index < -0.39 is 0 Å². The molecule has 0 spiro atoms. The Kier molecular flexibility index (Phi) is 5.72. The molecule has 2 aromatic rings. The Labute approximate surface area is 134 Å². The molecule has 0 aliphatic heterocycles. The third-order valence-electron chi connectivity index (χ3n) is 3.34. The summed E-state index contributed by atoms with van der Waals surface area (Å²) in [6.07, 6.45) is 2.00. The lowest BCUT2D eigenvalue weighted by Gasteiger charge is -2.18. The molecule has 0 aliphatic carbocycles. The minimum Gasteiger partial charge on any atom is -0.342 e. The van der Waals surface area contributed by atoms with Gasteiger partial charge in [0.2, 0.25) is 0 Å². The molecule has 4 nitrogen and oxygen atoms in total. The number of amides is 2. The lowest BCUT2D eigenvalue weighted by Crippen LogP contribution is -2.28. The predicted molar refractivity (Wildman–Crippen MR) is 90.6 cm³/mol. The highest BCUT2D eigenvalue weighted by atomic mass is 32.1. The van der Waals surface area contributed by atoms with Gasteiger partial charge in [-0.2, -0.15) is 0 Å². The smallest absolute Gasteiger partial charge is 0.265 e. The molecule has 1 heterocycles. The maximum atomic E-state index is 12.5. The van der Waals surface area contributed by atoms with Gasteiger partial charge in [-0.15, -0.1) is 11.3 Å². The third kappa shape index (κ3) is 3.95. The molecule has 2 rings (SSSR count). The van der Waals surface area contributed by atoms with Gasteiger partial charge >= 0.3 is 0 Å². The van der Waals surface area contributed by atoms with E-state index in [0.29, 0.717) is 22.7 Å². The average Bonchev–Trinajstić information content (AvgIpc) is 3.07. The topological polar surface area (TPSA) is 49.4 Å². The third-order valence-corrected chi connectivity index (χ3v) is 4.21. The zero-order chi connectivity index (χ0) is 15.9. The van der Waals surface area contributed by atoms with Gasteiger partial charge in [-0.3, -0.25) is 9.59 Å². The van der Waals surface area contributed by atoms with Crippen LogP contribution in [0.1, 0.15) is 39.8 Å². The molecule has 0 fully saturated rings. The second kappa shape index (κ2) is 7.75. The fourth-order valence-corrected chi connectivity index (χ4v) is 2.69. The number of hydrogen-bond acceptors (Lipinski definition) is 3. The molecule has 0 atom stereocenters. The second-order valence-electron chi connectivity index (χ2n) is 5.06. The van der Waals surface area contributed by atoms with Crippen molar-refractivity contribution in [2.45, 2.75) is 19.8 Å². The predicted octanol–water partition coefficient (Wildman–Crippen LogP) is 3.87. The maximum absolute atomic E-state index is 12.5. The molecule has 0 bridgehead atoms. The van der Waals surface area contributed by atoms with Crippen LogP contribution in [0.25, 0.3) is 0 Å². The molecule has 22 heavy (non-hydrogen) atoms. The first kappa shape index (κ1) is 16.2. The monoisotopic (exact) mass is 316 g/mol. The number of unbranched alkanes of at least 4 members (excludes halogenated alkanes) is 1. The normalized spacial score (nSPS) is 10.3. The molecule has 0 unspecified atom stereocenters. The summed E-state index contributed by atoms with van der Waals surface area (Å²) in [5.74, 6) is -0.262. The van der Waals surface area contributed by atoms with Crippen LogP contribution in [0.5, 0.6) is 0 Å². The van der Waals surface area contributed by atoms with Crippen molar-refractivity contribution >= 4 is 28.8 Å². The van der Waals surface area contributed by atoms with Crippen molar-refractivity contribution in [3.8, 4) is 0 Å². The van der Waals surface area contributed by atoms with Crippen LogP contribution in [-0.4, -0.2) is 30.3 Å². The highest BCUT2D eigenvalue weighted by molar-refractivity contribution is 7.12. The molecular formula is C17H20N2O2S. The fraction of sp³-hybridized carbons (Fsp3) is 0.294. The highest BCUT2D eigenvalue weighted by Crippen LogP contribution is 2.19. The largest absolute Gasteiger partial charge is 0.342 e. The quantitative estimate of drug-likeness (QED) is 0.879. The van der Waals surface area contributed by atoms with E-state index in [4.69, 9.17) is 0 Å². The van der Waals surface area contributed by atoms with Crippen LogP contribution in [0.3, 0.4) is 0 Å². The van der Waals surface area contributed by atoms with Gasteiger partial charge in [-0.05, 0) is 30.0 Å². The Morgan fingerprint density at radius 1 is 1.18 bits per heavy atom. The molecule has 2 amide bonds. The summed E-state index contributed by atoms with van der Waals surface area (Å²) in [7, 11) is 1.79. The van der Waals surface area contributed by atoms with E-state index in [1.54, 1.807) is 30.1 Å². The number of para-hydroxylation sites is 1.